The highest BCUT2D eigenvalue weighted by molar-refractivity contribution is 7.90. The molecule has 9 heteroatoms. The molecule has 0 bridgehead atoms. The molecule has 136 valence electrons. The van der Waals surface area contributed by atoms with Crippen LogP contribution in [0.5, 0.6) is 0 Å². The van der Waals surface area contributed by atoms with Crippen LogP contribution >= 0.6 is 11.6 Å². The van der Waals surface area contributed by atoms with Crippen LogP contribution in [0.4, 0.5) is 0 Å². The van der Waals surface area contributed by atoms with E-state index in [1.165, 1.54) is 24.3 Å². The van der Waals surface area contributed by atoms with Gasteiger partial charge in [-0.3, -0.25) is 4.79 Å². The van der Waals surface area contributed by atoms with Gasteiger partial charge in [0.25, 0.3) is 0 Å². The summed E-state index contributed by atoms with van der Waals surface area (Å²) in [7, 11) is -3.59. The molecule has 0 fully saturated rings. The van der Waals surface area contributed by atoms with E-state index < -0.39 is 9.84 Å². The van der Waals surface area contributed by atoms with Crippen molar-refractivity contribution < 1.29 is 17.7 Å². The molecule has 2 aromatic rings. The number of carbonyl (C=O) groups is 1. The summed E-state index contributed by atoms with van der Waals surface area (Å²) in [6.07, 6.45) is 1.31. The normalized spacial score (nSPS) is 12.8. The van der Waals surface area contributed by atoms with Gasteiger partial charge in [-0.25, -0.2) is 8.42 Å². The first kappa shape index (κ1) is 19.4. The molecule has 25 heavy (non-hydrogen) atoms. The van der Waals surface area contributed by atoms with Crippen LogP contribution in [-0.2, 0) is 26.8 Å². The maximum absolute atomic E-state index is 12.3. The third-order valence-corrected chi connectivity index (χ3v) is 5.47. The lowest BCUT2D eigenvalue weighted by Crippen LogP contribution is -2.32. The summed E-state index contributed by atoms with van der Waals surface area (Å²) in [5, 5.41) is 6.97. The Morgan fingerprint density at radius 1 is 1.32 bits per heavy atom. The molecule has 2 rings (SSSR count). The number of amides is 1. The molecule has 0 saturated carbocycles. The number of rotatable bonds is 8. The molecule has 0 aliphatic carbocycles. The first-order valence-corrected chi connectivity index (χ1v) is 9.92. The van der Waals surface area contributed by atoms with Crippen molar-refractivity contribution in [2.75, 3.05) is 0 Å². The summed E-state index contributed by atoms with van der Waals surface area (Å²) in [6, 6.07) is 5.98. The number of benzene rings is 1. The van der Waals surface area contributed by atoms with E-state index in [1.54, 1.807) is 0 Å². The van der Waals surface area contributed by atoms with Crippen molar-refractivity contribution in [3.63, 3.8) is 0 Å². The zero-order valence-electron chi connectivity index (χ0n) is 14.0. The number of nitrogens with zero attached hydrogens (tertiary/aromatic N) is 2. The highest BCUT2D eigenvalue weighted by Crippen LogP contribution is 2.18. The molecule has 1 aromatic carbocycles. The van der Waals surface area contributed by atoms with E-state index in [2.05, 4.69) is 15.5 Å². The molecule has 7 nitrogen and oxygen atoms in total. The van der Waals surface area contributed by atoms with E-state index >= 15 is 0 Å². The van der Waals surface area contributed by atoms with Crippen molar-refractivity contribution in [3.05, 3.63) is 41.0 Å². The molecular formula is C16H20ClN3O4S. The Bertz CT molecular complexity index is 818. The summed E-state index contributed by atoms with van der Waals surface area (Å²) < 4.78 is 29.6. The van der Waals surface area contributed by atoms with Gasteiger partial charge in [-0.05, 0) is 37.6 Å². The lowest BCUT2D eigenvalue weighted by Gasteiger charge is -2.10. The Balaban J connectivity index is 1.94. The fraction of sp³-hybridized carbons (Fsp3) is 0.438. The Kier molecular flexibility index (Phi) is 6.55. The van der Waals surface area contributed by atoms with Crippen LogP contribution in [0.15, 0.2) is 33.7 Å². The summed E-state index contributed by atoms with van der Waals surface area (Å²) >= 11 is 5.76. The van der Waals surface area contributed by atoms with Gasteiger partial charge in [0, 0.05) is 23.9 Å². The van der Waals surface area contributed by atoms with Gasteiger partial charge in [0.1, 0.15) is 5.75 Å². The minimum Gasteiger partial charge on any atom is -0.354 e. The third-order valence-electron chi connectivity index (χ3n) is 3.59. The van der Waals surface area contributed by atoms with E-state index in [1.807, 2.05) is 13.8 Å². The largest absolute Gasteiger partial charge is 0.354 e. The lowest BCUT2D eigenvalue weighted by atomic mass is 10.2. The van der Waals surface area contributed by atoms with Gasteiger partial charge < -0.3 is 9.84 Å². The number of hydrogen-bond donors (Lipinski definition) is 1. The monoisotopic (exact) mass is 385 g/mol. The zero-order chi connectivity index (χ0) is 18.4. The van der Waals surface area contributed by atoms with Crippen LogP contribution in [0.1, 0.15) is 38.4 Å². The van der Waals surface area contributed by atoms with Crippen LogP contribution in [-0.4, -0.2) is 30.5 Å². The van der Waals surface area contributed by atoms with Gasteiger partial charge in [0.15, 0.2) is 15.7 Å². The predicted molar refractivity (Wildman–Crippen MR) is 92.9 cm³/mol. The Hall–Kier alpha value is -1.93. The van der Waals surface area contributed by atoms with Gasteiger partial charge in [-0.2, -0.15) is 4.98 Å². The van der Waals surface area contributed by atoms with E-state index in [0.717, 1.165) is 6.42 Å². The number of aryl methyl sites for hydroxylation is 1. The third kappa shape index (κ3) is 5.82. The number of aromatic nitrogens is 2. The first-order chi connectivity index (χ1) is 11.8. The average molecular weight is 386 g/mol. The Morgan fingerprint density at radius 2 is 2.00 bits per heavy atom. The second-order valence-corrected chi connectivity index (χ2v) is 8.12. The van der Waals surface area contributed by atoms with Crippen LogP contribution < -0.4 is 5.32 Å². The number of sulfone groups is 1. The summed E-state index contributed by atoms with van der Waals surface area (Å²) in [5.74, 6) is -0.187. The molecule has 0 saturated heterocycles. The van der Waals surface area contributed by atoms with E-state index in [4.69, 9.17) is 16.1 Å². The highest BCUT2D eigenvalue weighted by atomic mass is 35.5. The maximum Gasteiger partial charge on any atom is 0.227 e. The van der Waals surface area contributed by atoms with Gasteiger partial charge in [0.2, 0.25) is 11.8 Å². The van der Waals surface area contributed by atoms with Crippen molar-refractivity contribution >= 4 is 27.3 Å². The smallest absolute Gasteiger partial charge is 0.227 e. The zero-order valence-corrected chi connectivity index (χ0v) is 15.6. The molecular weight excluding hydrogens is 366 g/mol. The van der Waals surface area contributed by atoms with Gasteiger partial charge in [-0.1, -0.05) is 23.7 Å². The molecule has 1 amide bonds. The van der Waals surface area contributed by atoms with Crippen LogP contribution in [0.2, 0.25) is 5.02 Å². The van der Waals surface area contributed by atoms with Crippen molar-refractivity contribution in [1.29, 1.82) is 0 Å². The standard InChI is InChI=1S/C16H20ClN3O4S/c1-3-11(2)18-15(21)8-9-16-19-14(20-24-16)10-25(22,23)13-6-4-12(17)5-7-13/h4-7,11H,3,8-10H2,1-2H3,(H,18,21)/t11-/m0/s1. The van der Waals surface area contributed by atoms with Crippen LogP contribution in [0.3, 0.4) is 0 Å². The molecule has 0 aliphatic heterocycles. The molecule has 1 aromatic heterocycles. The SMILES string of the molecule is CC[C@H](C)NC(=O)CCc1nc(CS(=O)(=O)c2ccc(Cl)cc2)no1. The van der Waals surface area contributed by atoms with Crippen molar-refractivity contribution in [2.45, 2.75) is 49.8 Å². The minimum atomic E-state index is -3.59. The average Bonchev–Trinajstić information content (AvgIpc) is 3.00. The topological polar surface area (TPSA) is 102 Å². The fourth-order valence-electron chi connectivity index (χ4n) is 2.02. The summed E-state index contributed by atoms with van der Waals surface area (Å²) in [6.45, 7) is 3.90. The van der Waals surface area contributed by atoms with Crippen molar-refractivity contribution in [2.24, 2.45) is 0 Å². The number of nitrogens with one attached hydrogen (secondary N) is 1. The van der Waals surface area contributed by atoms with Crippen LogP contribution in [0, 0.1) is 0 Å². The molecule has 0 radical (unpaired) electrons. The first-order valence-electron chi connectivity index (χ1n) is 7.89. The summed E-state index contributed by atoms with van der Waals surface area (Å²) in [4.78, 5) is 15.9. The molecule has 0 spiro atoms. The van der Waals surface area contributed by atoms with Crippen LogP contribution in [0.25, 0.3) is 0 Å². The highest BCUT2D eigenvalue weighted by Gasteiger charge is 2.19. The van der Waals surface area contributed by atoms with E-state index in [-0.39, 0.29) is 47.2 Å². The second-order valence-electron chi connectivity index (χ2n) is 5.69. The number of hydrogen-bond acceptors (Lipinski definition) is 6. The van der Waals surface area contributed by atoms with Gasteiger partial charge >= 0.3 is 0 Å². The van der Waals surface area contributed by atoms with Crippen molar-refractivity contribution in [1.82, 2.24) is 15.5 Å². The lowest BCUT2D eigenvalue weighted by molar-refractivity contribution is -0.121. The fourth-order valence-corrected chi connectivity index (χ4v) is 3.32. The molecule has 1 heterocycles. The molecule has 1 N–H and O–H groups in total. The Morgan fingerprint density at radius 3 is 2.64 bits per heavy atom. The molecule has 1 atom stereocenters. The number of carbonyl (C=O) groups excluding carboxylic acids is 1. The van der Waals surface area contributed by atoms with Gasteiger partial charge in [-0.15, -0.1) is 0 Å². The molecule has 0 aliphatic rings. The second kappa shape index (κ2) is 8.44. The van der Waals surface area contributed by atoms with E-state index in [0.29, 0.717) is 5.02 Å². The molecule has 0 unspecified atom stereocenters. The number of halogens is 1. The van der Waals surface area contributed by atoms with Crippen molar-refractivity contribution in [3.8, 4) is 0 Å². The predicted octanol–water partition coefficient (Wildman–Crippen LogP) is 2.54. The van der Waals surface area contributed by atoms with E-state index in [9.17, 15) is 13.2 Å². The Labute approximate surface area is 151 Å². The summed E-state index contributed by atoms with van der Waals surface area (Å²) in [5.41, 5.74) is 0. The quantitative estimate of drug-likeness (QED) is 0.749. The maximum atomic E-state index is 12.3. The minimum absolute atomic E-state index is 0.0623. The van der Waals surface area contributed by atoms with Gasteiger partial charge in [0.05, 0.1) is 4.90 Å².